The minimum Gasteiger partial charge on any atom is -0.446 e. The fraction of sp³-hybridized carbons (Fsp3) is 0.519. The third-order valence-electron chi connectivity index (χ3n) is 6.74. The number of ether oxygens (including phenoxy) is 1. The van der Waals surface area contributed by atoms with Crippen LogP contribution in [-0.2, 0) is 29.8 Å². The maximum atomic E-state index is 13.8. The fourth-order valence-corrected chi connectivity index (χ4v) is 4.77. The highest BCUT2D eigenvalue weighted by Crippen LogP contribution is 2.44. The van der Waals surface area contributed by atoms with Crippen LogP contribution in [0.15, 0.2) is 45.8 Å². The zero-order valence-electron chi connectivity index (χ0n) is 24.7. The van der Waals surface area contributed by atoms with Crippen LogP contribution in [-0.4, -0.2) is 47.2 Å². The van der Waals surface area contributed by atoms with E-state index in [1.54, 1.807) is 20.8 Å². The Morgan fingerprint density at radius 1 is 1.04 bits per heavy atom. The Hall–Kier alpha value is -4.16. The summed E-state index contributed by atoms with van der Waals surface area (Å²) in [6.45, 7) is 3.98. The highest BCUT2D eigenvalue weighted by molar-refractivity contribution is 5.90. The van der Waals surface area contributed by atoms with E-state index in [2.05, 4.69) is 20.4 Å². The van der Waals surface area contributed by atoms with Crippen LogP contribution in [0.1, 0.15) is 67.7 Å². The number of benzene rings is 1. The van der Waals surface area contributed by atoms with E-state index in [4.69, 9.17) is 16.2 Å². The predicted octanol–water partition coefficient (Wildman–Crippen LogP) is 6.86. The van der Waals surface area contributed by atoms with Gasteiger partial charge in [0.25, 0.3) is 0 Å². The van der Waals surface area contributed by atoms with E-state index in [0.717, 1.165) is 15.9 Å². The summed E-state index contributed by atoms with van der Waals surface area (Å²) < 4.78 is 129. The number of fused-ring (bicyclic) bond motifs is 1. The molecule has 46 heavy (non-hydrogen) atoms. The number of carbonyl (C=O) groups excluding carboxylic acids is 1. The van der Waals surface area contributed by atoms with Crippen molar-refractivity contribution in [2.45, 2.75) is 76.9 Å². The van der Waals surface area contributed by atoms with Gasteiger partial charge < -0.3 is 21.1 Å². The lowest BCUT2D eigenvalue weighted by atomic mass is 9.91. The van der Waals surface area contributed by atoms with E-state index in [0.29, 0.717) is 18.2 Å². The lowest BCUT2D eigenvalue weighted by molar-refractivity contribution is -0.143. The van der Waals surface area contributed by atoms with Crippen LogP contribution in [0.2, 0.25) is 0 Å². The maximum absolute atomic E-state index is 13.8. The molecule has 2 atom stereocenters. The number of hydrogen-bond donors (Lipinski definition) is 2. The van der Waals surface area contributed by atoms with Crippen molar-refractivity contribution in [1.29, 1.82) is 0 Å². The third kappa shape index (κ3) is 8.76. The first-order valence-corrected chi connectivity index (χ1v) is 13.8. The Morgan fingerprint density at radius 3 is 2.15 bits per heavy atom. The van der Waals surface area contributed by atoms with E-state index >= 15 is 0 Å². The number of rotatable bonds is 8. The number of anilines is 1. The van der Waals surface area contributed by atoms with Gasteiger partial charge in [0.2, 0.25) is 5.96 Å². The monoisotopic (exact) mass is 670 g/mol. The van der Waals surface area contributed by atoms with Crippen molar-refractivity contribution in [3.8, 4) is 0 Å². The molecule has 0 unspecified atom stereocenters. The van der Waals surface area contributed by atoms with Crippen LogP contribution in [0.25, 0.3) is 0 Å². The molecule has 1 aliphatic heterocycles. The molecule has 0 saturated carbocycles. The Morgan fingerprint density at radius 2 is 1.65 bits per heavy atom. The smallest absolute Gasteiger partial charge is 0.433 e. The van der Waals surface area contributed by atoms with Crippen LogP contribution in [0.3, 0.4) is 0 Å². The van der Waals surface area contributed by atoms with Crippen molar-refractivity contribution in [2.75, 3.05) is 18.0 Å². The quantitative estimate of drug-likeness (QED) is 0.104. The minimum atomic E-state index is -5.18. The topological polar surface area (TPSA) is 135 Å². The highest BCUT2D eigenvalue weighted by Gasteiger charge is 2.43. The van der Waals surface area contributed by atoms with Gasteiger partial charge in [0.15, 0.2) is 0 Å². The molecule has 0 radical (unpaired) electrons. The van der Waals surface area contributed by atoms with Crippen LogP contribution in [0, 0.1) is 0 Å². The van der Waals surface area contributed by atoms with Crippen molar-refractivity contribution in [1.82, 2.24) is 9.88 Å². The normalized spacial score (nSPS) is 17.9. The number of guanidine groups is 1. The molecule has 1 aromatic heterocycles. The summed E-state index contributed by atoms with van der Waals surface area (Å²) in [5.74, 6) is -0.616. The summed E-state index contributed by atoms with van der Waals surface area (Å²) in [7, 11) is 0. The summed E-state index contributed by atoms with van der Waals surface area (Å²) in [5.41, 5.74) is 5.79. The molecule has 0 spiro atoms. The molecule has 10 nitrogen and oxygen atoms in total. The predicted molar refractivity (Wildman–Crippen MR) is 147 cm³/mol. The van der Waals surface area contributed by atoms with Gasteiger partial charge in [0.1, 0.15) is 5.69 Å². The molecule has 2 heterocycles. The molecular formula is C27H31F9N8O2. The molecule has 3 rings (SSSR count). The molecule has 1 aromatic carbocycles. The van der Waals surface area contributed by atoms with E-state index in [-0.39, 0.29) is 37.7 Å². The average molecular weight is 671 g/mol. The number of pyridine rings is 1. The SMILES string of the molecule is CC[C@@H]1C[C@H](N(Cc2cc(C(F)(F)F)cc(C(F)(F)F)c2)C(N)=NN=NCCN)c2nc(C(F)(F)F)ccc2N1C(=O)OC(C)C. The van der Waals surface area contributed by atoms with Gasteiger partial charge in [-0.1, -0.05) is 12.0 Å². The lowest BCUT2D eigenvalue weighted by Crippen LogP contribution is -2.50. The number of nitrogens with two attached hydrogens (primary N) is 2. The van der Waals surface area contributed by atoms with Gasteiger partial charge in [-0.05, 0) is 67.8 Å². The van der Waals surface area contributed by atoms with Gasteiger partial charge >= 0.3 is 24.6 Å². The molecule has 19 heteroatoms. The van der Waals surface area contributed by atoms with E-state index in [9.17, 15) is 44.3 Å². The molecule has 0 saturated heterocycles. The summed E-state index contributed by atoms with van der Waals surface area (Å²) >= 11 is 0. The second kappa shape index (κ2) is 14.1. The van der Waals surface area contributed by atoms with Crippen molar-refractivity contribution in [3.63, 3.8) is 0 Å². The van der Waals surface area contributed by atoms with E-state index in [1.165, 1.54) is 0 Å². The van der Waals surface area contributed by atoms with Crippen LogP contribution < -0.4 is 16.4 Å². The lowest BCUT2D eigenvalue weighted by Gasteiger charge is -2.43. The molecular weight excluding hydrogens is 639 g/mol. The van der Waals surface area contributed by atoms with Crippen molar-refractivity contribution in [2.24, 2.45) is 26.9 Å². The molecule has 1 amide bonds. The number of amides is 1. The molecule has 2 aromatic rings. The van der Waals surface area contributed by atoms with Gasteiger partial charge in [-0.2, -0.15) is 44.6 Å². The average Bonchev–Trinajstić information content (AvgIpc) is 2.95. The van der Waals surface area contributed by atoms with Gasteiger partial charge in [-0.25, -0.2) is 9.78 Å². The van der Waals surface area contributed by atoms with Gasteiger partial charge in [0.05, 0.1) is 41.2 Å². The number of hydrogen-bond acceptors (Lipinski definition) is 6. The van der Waals surface area contributed by atoms with Crippen molar-refractivity contribution < 1.29 is 49.0 Å². The zero-order chi connectivity index (χ0) is 34.6. The summed E-state index contributed by atoms with van der Waals surface area (Å²) in [5, 5.41) is 10.8. The Balaban J connectivity index is 2.30. The summed E-state index contributed by atoms with van der Waals surface area (Å²) in [6.07, 6.45) is -16.9. The first kappa shape index (κ1) is 36.3. The first-order valence-electron chi connectivity index (χ1n) is 13.8. The third-order valence-corrected chi connectivity index (χ3v) is 6.74. The standard InChI is InChI=1S/C27H31F9N8O2/c1-4-18-12-20(22-19(44(18)24(45)46-14(2)3)5-6-21(40-22)27(34,35)36)43(23(38)41-42-39-8-7-37)13-15-9-16(25(28,29)30)11-17(10-15)26(31,32)33/h5-6,9-11,14,18,20H,4,7-8,12-13,37H2,1-3H3,(H2,38,39,41)/t18-,20+/m1/s1. The Kier molecular flexibility index (Phi) is 11.1. The number of aromatic nitrogens is 1. The molecule has 0 aliphatic carbocycles. The number of nitrogens with zero attached hydrogens (tertiary/aromatic N) is 6. The second-order valence-corrected chi connectivity index (χ2v) is 10.5. The fourth-order valence-electron chi connectivity index (χ4n) is 4.77. The van der Waals surface area contributed by atoms with Gasteiger partial charge in [-0.3, -0.25) is 4.90 Å². The van der Waals surface area contributed by atoms with Crippen molar-refractivity contribution in [3.05, 3.63) is 58.4 Å². The second-order valence-electron chi connectivity index (χ2n) is 10.5. The molecule has 1 aliphatic rings. The number of alkyl halides is 9. The molecule has 254 valence electrons. The van der Waals surface area contributed by atoms with Crippen LogP contribution >= 0.6 is 0 Å². The van der Waals surface area contributed by atoms with Crippen molar-refractivity contribution >= 4 is 17.7 Å². The van der Waals surface area contributed by atoms with E-state index < -0.39 is 83.4 Å². The Bertz CT molecular complexity index is 1410. The summed E-state index contributed by atoms with van der Waals surface area (Å²) in [4.78, 5) is 19.0. The van der Waals surface area contributed by atoms with Crippen LogP contribution in [0.4, 0.5) is 50.0 Å². The first-order chi connectivity index (χ1) is 21.3. The molecule has 0 fully saturated rings. The Labute approximate surface area is 257 Å². The van der Waals surface area contributed by atoms with Gasteiger partial charge in [0, 0.05) is 19.1 Å². The van der Waals surface area contributed by atoms with Gasteiger partial charge in [-0.15, -0.1) is 0 Å². The summed E-state index contributed by atoms with van der Waals surface area (Å²) in [6, 6.07) is 0.322. The maximum Gasteiger partial charge on any atom is 0.433 e. The zero-order valence-corrected chi connectivity index (χ0v) is 24.7. The molecule has 4 N–H and O–H groups in total. The van der Waals surface area contributed by atoms with Crippen LogP contribution in [0.5, 0.6) is 0 Å². The van der Waals surface area contributed by atoms with E-state index in [1.807, 2.05) is 0 Å². The molecule has 0 bridgehead atoms. The highest BCUT2D eigenvalue weighted by atomic mass is 19.4. The minimum absolute atomic E-state index is 0.0209. The number of halogens is 9. The number of carbonyl (C=O) groups is 1. The largest absolute Gasteiger partial charge is 0.446 e.